The van der Waals surface area contributed by atoms with Crippen LogP contribution in [0.15, 0.2) is 35.2 Å². The Balaban J connectivity index is 2.41. The summed E-state index contributed by atoms with van der Waals surface area (Å²) in [5, 5.41) is 2.67. The molecule has 0 aliphatic heterocycles. The Bertz CT molecular complexity index is 1050. The summed E-state index contributed by atoms with van der Waals surface area (Å²) in [7, 11) is -0.823. The van der Waals surface area contributed by atoms with E-state index >= 15 is 0 Å². The molecule has 0 aliphatic rings. The van der Waals surface area contributed by atoms with Crippen molar-refractivity contribution in [2.75, 3.05) is 20.8 Å². The predicted molar refractivity (Wildman–Crippen MR) is 122 cm³/mol. The van der Waals surface area contributed by atoms with Gasteiger partial charge in [-0.1, -0.05) is 13.8 Å². The number of amides is 1. The number of hydrogen-bond donors (Lipinski definition) is 2. The van der Waals surface area contributed by atoms with Crippen LogP contribution in [0.25, 0.3) is 0 Å². The van der Waals surface area contributed by atoms with Crippen molar-refractivity contribution in [1.29, 1.82) is 0 Å². The Kier molecular flexibility index (Phi) is 8.08. The Morgan fingerprint density at radius 1 is 1.00 bits per heavy atom. The first-order chi connectivity index (χ1) is 14.5. The zero-order valence-electron chi connectivity index (χ0n) is 19.2. The van der Waals surface area contributed by atoms with Crippen LogP contribution >= 0.6 is 0 Å². The van der Waals surface area contributed by atoms with Crippen molar-refractivity contribution in [3.8, 4) is 11.5 Å². The van der Waals surface area contributed by atoms with Crippen molar-refractivity contribution in [2.24, 2.45) is 0 Å². The van der Waals surface area contributed by atoms with E-state index in [2.05, 4.69) is 23.9 Å². The standard InChI is InChI=1S/C23H32N2O5S/c1-8-24-23(26)20-12-17(9-10-21(20)29-6)31(27,28)25-16(5)19-13-18(14(2)3)22(30-7)11-15(19)4/h9-14,16,25H,8H2,1-7H3,(H,24,26). The molecule has 7 nitrogen and oxygen atoms in total. The van der Waals surface area contributed by atoms with Crippen LogP contribution < -0.4 is 19.5 Å². The third-order valence-electron chi connectivity index (χ3n) is 5.10. The van der Waals surface area contributed by atoms with Gasteiger partial charge in [-0.15, -0.1) is 0 Å². The van der Waals surface area contributed by atoms with Crippen LogP contribution in [-0.2, 0) is 10.0 Å². The number of carbonyl (C=O) groups excluding carboxylic acids is 1. The van der Waals surface area contributed by atoms with Gasteiger partial charge < -0.3 is 14.8 Å². The summed E-state index contributed by atoms with van der Waals surface area (Å²) in [5.41, 5.74) is 2.97. The second-order valence-electron chi connectivity index (χ2n) is 7.67. The maximum atomic E-state index is 13.1. The lowest BCUT2D eigenvalue weighted by molar-refractivity contribution is 0.0952. The molecule has 0 bridgehead atoms. The summed E-state index contributed by atoms with van der Waals surface area (Å²) >= 11 is 0. The summed E-state index contributed by atoms with van der Waals surface area (Å²) in [6, 6.07) is 7.68. The number of ether oxygens (including phenoxy) is 2. The number of benzene rings is 2. The number of methoxy groups -OCH3 is 2. The quantitative estimate of drug-likeness (QED) is 0.606. The Hall–Kier alpha value is -2.58. The van der Waals surface area contributed by atoms with Gasteiger partial charge in [-0.05, 0) is 73.7 Å². The number of aryl methyl sites for hydroxylation is 1. The molecule has 0 heterocycles. The highest BCUT2D eigenvalue weighted by Crippen LogP contribution is 2.32. The minimum atomic E-state index is -3.89. The molecule has 2 N–H and O–H groups in total. The Labute approximate surface area is 185 Å². The second-order valence-corrected chi connectivity index (χ2v) is 9.38. The third-order valence-corrected chi connectivity index (χ3v) is 6.64. The van der Waals surface area contributed by atoms with Gasteiger partial charge in [0.15, 0.2) is 0 Å². The molecule has 0 saturated carbocycles. The van der Waals surface area contributed by atoms with E-state index in [1.54, 1.807) is 21.0 Å². The smallest absolute Gasteiger partial charge is 0.255 e. The van der Waals surface area contributed by atoms with Gasteiger partial charge >= 0.3 is 0 Å². The first kappa shape index (κ1) is 24.7. The molecule has 2 rings (SSSR count). The molecule has 31 heavy (non-hydrogen) atoms. The minimum absolute atomic E-state index is 0.00310. The van der Waals surface area contributed by atoms with Gasteiger partial charge in [-0.3, -0.25) is 4.79 Å². The molecule has 0 radical (unpaired) electrons. The number of rotatable bonds is 9. The molecule has 8 heteroatoms. The van der Waals surface area contributed by atoms with E-state index in [-0.39, 0.29) is 16.4 Å². The fourth-order valence-corrected chi connectivity index (χ4v) is 4.71. The predicted octanol–water partition coefficient (Wildman–Crippen LogP) is 3.92. The summed E-state index contributed by atoms with van der Waals surface area (Å²) < 4.78 is 39.6. The zero-order valence-corrected chi connectivity index (χ0v) is 20.0. The van der Waals surface area contributed by atoms with E-state index in [9.17, 15) is 13.2 Å². The van der Waals surface area contributed by atoms with E-state index in [1.165, 1.54) is 25.3 Å². The maximum Gasteiger partial charge on any atom is 0.255 e. The zero-order chi connectivity index (χ0) is 23.3. The molecule has 0 aliphatic carbocycles. The molecular weight excluding hydrogens is 416 g/mol. The van der Waals surface area contributed by atoms with Crippen molar-refractivity contribution < 1.29 is 22.7 Å². The van der Waals surface area contributed by atoms with Crippen LogP contribution in [-0.4, -0.2) is 35.1 Å². The molecular formula is C23H32N2O5S. The van der Waals surface area contributed by atoms with Crippen LogP contribution in [0.2, 0.25) is 0 Å². The molecule has 0 aromatic heterocycles. The Morgan fingerprint density at radius 3 is 2.19 bits per heavy atom. The number of nitrogens with one attached hydrogen (secondary N) is 2. The number of hydrogen-bond acceptors (Lipinski definition) is 5. The average molecular weight is 449 g/mol. The van der Waals surface area contributed by atoms with Gasteiger partial charge in [-0.2, -0.15) is 0 Å². The molecule has 0 saturated heterocycles. The molecule has 1 atom stereocenters. The van der Waals surface area contributed by atoms with Crippen LogP contribution in [0.5, 0.6) is 11.5 Å². The lowest BCUT2D eigenvalue weighted by Gasteiger charge is -2.21. The van der Waals surface area contributed by atoms with Crippen LogP contribution in [0.3, 0.4) is 0 Å². The maximum absolute atomic E-state index is 13.1. The largest absolute Gasteiger partial charge is 0.496 e. The van der Waals surface area contributed by atoms with Gasteiger partial charge in [0.25, 0.3) is 5.91 Å². The first-order valence-electron chi connectivity index (χ1n) is 10.2. The van der Waals surface area contributed by atoms with E-state index in [0.29, 0.717) is 12.3 Å². The topological polar surface area (TPSA) is 93.7 Å². The fourth-order valence-electron chi connectivity index (χ4n) is 3.46. The summed E-state index contributed by atoms with van der Waals surface area (Å²) in [4.78, 5) is 12.3. The highest BCUT2D eigenvalue weighted by Gasteiger charge is 2.23. The van der Waals surface area contributed by atoms with Crippen molar-refractivity contribution in [1.82, 2.24) is 10.0 Å². The first-order valence-corrected chi connectivity index (χ1v) is 11.7. The summed E-state index contributed by atoms with van der Waals surface area (Å²) in [5.74, 6) is 0.926. The summed E-state index contributed by atoms with van der Waals surface area (Å²) in [6.45, 7) is 10.1. The van der Waals surface area contributed by atoms with Crippen molar-refractivity contribution in [2.45, 2.75) is 51.5 Å². The van der Waals surface area contributed by atoms with Gasteiger partial charge in [-0.25, -0.2) is 13.1 Å². The highest BCUT2D eigenvalue weighted by atomic mass is 32.2. The van der Waals surface area contributed by atoms with E-state index in [1.807, 2.05) is 19.1 Å². The van der Waals surface area contributed by atoms with Gasteiger partial charge in [0.2, 0.25) is 10.0 Å². The van der Waals surface area contributed by atoms with Crippen molar-refractivity contribution in [3.05, 3.63) is 52.6 Å². The lowest BCUT2D eigenvalue weighted by Crippen LogP contribution is -2.28. The SMILES string of the molecule is CCNC(=O)c1cc(S(=O)(=O)NC(C)c2cc(C(C)C)c(OC)cc2C)ccc1OC. The van der Waals surface area contributed by atoms with Crippen LogP contribution in [0.4, 0.5) is 0 Å². The normalized spacial score (nSPS) is 12.5. The van der Waals surface area contributed by atoms with Gasteiger partial charge in [0, 0.05) is 12.6 Å². The molecule has 170 valence electrons. The molecule has 0 fully saturated rings. The van der Waals surface area contributed by atoms with Crippen molar-refractivity contribution >= 4 is 15.9 Å². The van der Waals surface area contributed by atoms with E-state index in [0.717, 1.165) is 22.4 Å². The number of carbonyl (C=O) groups is 1. The fraction of sp³-hybridized carbons (Fsp3) is 0.435. The number of sulfonamides is 1. The second kappa shape index (κ2) is 10.2. The monoisotopic (exact) mass is 448 g/mol. The molecule has 1 unspecified atom stereocenters. The van der Waals surface area contributed by atoms with Crippen LogP contribution in [0.1, 0.15) is 66.7 Å². The average Bonchev–Trinajstić information content (AvgIpc) is 2.72. The molecule has 1 amide bonds. The van der Waals surface area contributed by atoms with E-state index < -0.39 is 22.0 Å². The third kappa shape index (κ3) is 5.57. The van der Waals surface area contributed by atoms with E-state index in [4.69, 9.17) is 9.47 Å². The Morgan fingerprint density at radius 2 is 1.65 bits per heavy atom. The molecule has 2 aromatic rings. The van der Waals surface area contributed by atoms with Crippen molar-refractivity contribution in [3.63, 3.8) is 0 Å². The lowest BCUT2D eigenvalue weighted by atomic mass is 9.94. The molecule has 2 aromatic carbocycles. The van der Waals surface area contributed by atoms with Crippen LogP contribution in [0, 0.1) is 6.92 Å². The summed E-state index contributed by atoms with van der Waals surface area (Å²) in [6.07, 6.45) is 0. The highest BCUT2D eigenvalue weighted by molar-refractivity contribution is 7.89. The minimum Gasteiger partial charge on any atom is -0.496 e. The van der Waals surface area contributed by atoms with Gasteiger partial charge in [0.05, 0.1) is 24.7 Å². The van der Waals surface area contributed by atoms with Gasteiger partial charge in [0.1, 0.15) is 11.5 Å². The molecule has 0 spiro atoms.